The van der Waals surface area contributed by atoms with E-state index in [1.54, 1.807) is 4.90 Å². The van der Waals surface area contributed by atoms with E-state index in [0.717, 1.165) is 35.2 Å². The molecule has 1 aromatic heterocycles. The topological polar surface area (TPSA) is 51.7 Å². The molecule has 1 fully saturated rings. The van der Waals surface area contributed by atoms with Crippen molar-refractivity contribution < 1.29 is 14.3 Å². The van der Waals surface area contributed by atoms with Crippen LogP contribution < -0.4 is 0 Å². The fourth-order valence-electron chi connectivity index (χ4n) is 3.65. The molecule has 0 N–H and O–H groups in total. The summed E-state index contributed by atoms with van der Waals surface area (Å²) < 4.78 is 10.9. The van der Waals surface area contributed by atoms with Gasteiger partial charge in [0.15, 0.2) is 0 Å². The highest BCUT2D eigenvalue weighted by Gasteiger charge is 2.40. The van der Waals surface area contributed by atoms with Crippen LogP contribution in [0.4, 0.5) is 4.79 Å². The molecule has 1 amide bonds. The Balaban J connectivity index is 1.63. The number of amides is 1. The Morgan fingerprint density at radius 2 is 2.08 bits per heavy atom. The first-order valence-electron chi connectivity index (χ1n) is 8.78. The van der Waals surface area contributed by atoms with Crippen LogP contribution >= 0.6 is 0 Å². The largest absolute Gasteiger partial charge is 0.453 e. The molecule has 0 bridgehead atoms. The predicted molar refractivity (Wildman–Crippen MR) is 96.6 cm³/mol. The second-order valence-corrected chi connectivity index (χ2v) is 6.44. The maximum atomic E-state index is 12.1. The van der Waals surface area contributed by atoms with Gasteiger partial charge in [0.25, 0.3) is 0 Å². The molecule has 132 valence electrons. The zero-order valence-electron chi connectivity index (χ0n) is 14.6. The third kappa shape index (κ3) is 3.16. The van der Waals surface area contributed by atoms with Crippen molar-refractivity contribution in [1.82, 2.24) is 9.88 Å². The normalized spacial score (nSPS) is 21.0. The molecule has 2 atom stereocenters. The van der Waals surface area contributed by atoms with E-state index in [4.69, 9.17) is 9.47 Å². The standard InChI is InChI=1S/C21H20N2O3/c1-25-21(24)23-11-12-26-20-17-13-16(8-7-15-5-3-2-4-6-15)14-22-18(17)9-10-19(20)23/h2-6,13-14,19-20H,9-12H2,1H3/t19-,20+/m0/s1. The molecule has 1 aliphatic carbocycles. The van der Waals surface area contributed by atoms with Gasteiger partial charge in [0.1, 0.15) is 6.10 Å². The van der Waals surface area contributed by atoms with Crippen molar-refractivity contribution in [3.8, 4) is 11.8 Å². The average molecular weight is 348 g/mol. The number of carbonyl (C=O) groups is 1. The van der Waals surface area contributed by atoms with Crippen molar-refractivity contribution in [1.29, 1.82) is 0 Å². The highest BCUT2D eigenvalue weighted by Crippen LogP contribution is 2.37. The number of fused-ring (bicyclic) bond motifs is 3. The van der Waals surface area contributed by atoms with Gasteiger partial charge in [0.2, 0.25) is 0 Å². The van der Waals surface area contributed by atoms with E-state index >= 15 is 0 Å². The molecule has 1 saturated heterocycles. The number of benzene rings is 1. The summed E-state index contributed by atoms with van der Waals surface area (Å²) in [5.41, 5.74) is 3.89. The number of rotatable bonds is 0. The van der Waals surface area contributed by atoms with Gasteiger partial charge in [-0.2, -0.15) is 0 Å². The maximum Gasteiger partial charge on any atom is 0.409 e. The number of carbonyl (C=O) groups excluding carboxylic acids is 1. The van der Waals surface area contributed by atoms with Crippen molar-refractivity contribution in [3.05, 3.63) is 65.0 Å². The van der Waals surface area contributed by atoms with E-state index in [2.05, 4.69) is 22.9 Å². The van der Waals surface area contributed by atoms with Crippen molar-refractivity contribution in [3.63, 3.8) is 0 Å². The zero-order valence-corrected chi connectivity index (χ0v) is 14.6. The molecule has 1 aromatic carbocycles. The monoisotopic (exact) mass is 348 g/mol. The third-order valence-corrected chi connectivity index (χ3v) is 4.90. The van der Waals surface area contributed by atoms with E-state index in [1.165, 1.54) is 7.11 Å². The Morgan fingerprint density at radius 3 is 2.88 bits per heavy atom. The van der Waals surface area contributed by atoms with E-state index in [-0.39, 0.29) is 18.2 Å². The van der Waals surface area contributed by atoms with Crippen LogP contribution in [-0.4, -0.2) is 42.3 Å². The lowest BCUT2D eigenvalue weighted by Crippen LogP contribution is -2.51. The number of nitrogens with zero attached hydrogens (tertiary/aromatic N) is 2. The predicted octanol–water partition coefficient (Wildman–Crippen LogP) is 2.94. The Bertz CT molecular complexity index is 870. The van der Waals surface area contributed by atoms with Gasteiger partial charge in [0, 0.05) is 35.1 Å². The molecular formula is C21H20N2O3. The minimum Gasteiger partial charge on any atom is -0.453 e. The van der Waals surface area contributed by atoms with Crippen molar-refractivity contribution in [2.75, 3.05) is 20.3 Å². The van der Waals surface area contributed by atoms with E-state index in [1.807, 2.05) is 36.5 Å². The molecule has 1 aliphatic heterocycles. The minimum absolute atomic E-state index is 0.0113. The zero-order chi connectivity index (χ0) is 17.9. The third-order valence-electron chi connectivity index (χ3n) is 4.90. The first-order valence-corrected chi connectivity index (χ1v) is 8.78. The molecule has 2 aliphatic rings. The van der Waals surface area contributed by atoms with Gasteiger partial charge >= 0.3 is 6.09 Å². The molecule has 5 heteroatoms. The summed E-state index contributed by atoms with van der Waals surface area (Å²) in [4.78, 5) is 18.4. The van der Waals surface area contributed by atoms with Gasteiger partial charge in [-0.3, -0.25) is 9.88 Å². The summed E-state index contributed by atoms with van der Waals surface area (Å²) in [7, 11) is 1.42. The summed E-state index contributed by atoms with van der Waals surface area (Å²) in [5, 5.41) is 0. The van der Waals surface area contributed by atoms with Gasteiger partial charge < -0.3 is 9.47 Å². The smallest absolute Gasteiger partial charge is 0.409 e. The van der Waals surface area contributed by atoms with Gasteiger partial charge in [-0.25, -0.2) is 4.79 Å². The fraction of sp³-hybridized carbons (Fsp3) is 0.333. The molecule has 4 rings (SSSR count). The lowest BCUT2D eigenvalue weighted by atomic mass is 9.86. The molecule has 0 spiro atoms. The van der Waals surface area contributed by atoms with E-state index < -0.39 is 0 Å². The van der Waals surface area contributed by atoms with Crippen molar-refractivity contribution >= 4 is 6.09 Å². The van der Waals surface area contributed by atoms with Crippen LogP contribution in [0.15, 0.2) is 42.6 Å². The van der Waals surface area contributed by atoms with Gasteiger partial charge in [-0.05, 0) is 31.0 Å². The Hall–Kier alpha value is -2.84. The number of aryl methyl sites for hydroxylation is 1. The second kappa shape index (κ2) is 7.19. The molecule has 2 heterocycles. The average Bonchev–Trinajstić information content (AvgIpc) is 2.71. The SMILES string of the molecule is COC(=O)N1CCO[C@@H]2c3cc(C#Cc4ccccc4)cnc3CC[C@@H]21. The van der Waals surface area contributed by atoms with Crippen LogP contribution in [0.25, 0.3) is 0 Å². The highest BCUT2D eigenvalue weighted by molar-refractivity contribution is 5.68. The summed E-state index contributed by atoms with van der Waals surface area (Å²) in [6, 6.07) is 11.9. The van der Waals surface area contributed by atoms with E-state index in [0.29, 0.717) is 13.2 Å². The second-order valence-electron chi connectivity index (χ2n) is 6.44. The number of hydrogen-bond donors (Lipinski definition) is 0. The molecule has 0 saturated carbocycles. The van der Waals surface area contributed by atoms with Crippen LogP contribution in [-0.2, 0) is 15.9 Å². The summed E-state index contributed by atoms with van der Waals surface area (Å²) >= 11 is 0. The lowest BCUT2D eigenvalue weighted by molar-refractivity contribution is -0.0723. The first-order chi connectivity index (χ1) is 12.8. The van der Waals surface area contributed by atoms with Gasteiger partial charge in [-0.1, -0.05) is 30.0 Å². The van der Waals surface area contributed by atoms with Crippen LogP contribution in [0.3, 0.4) is 0 Å². The minimum atomic E-state index is -0.292. The van der Waals surface area contributed by atoms with E-state index in [9.17, 15) is 4.79 Å². The fourth-order valence-corrected chi connectivity index (χ4v) is 3.65. The number of methoxy groups -OCH3 is 1. The summed E-state index contributed by atoms with van der Waals surface area (Å²) in [5.74, 6) is 6.34. The van der Waals surface area contributed by atoms with Crippen LogP contribution in [0, 0.1) is 11.8 Å². The van der Waals surface area contributed by atoms with Crippen LogP contribution in [0.2, 0.25) is 0 Å². The van der Waals surface area contributed by atoms with Gasteiger partial charge in [-0.15, -0.1) is 0 Å². The molecule has 2 aromatic rings. The Labute approximate surface area is 152 Å². The maximum absolute atomic E-state index is 12.1. The van der Waals surface area contributed by atoms with Crippen molar-refractivity contribution in [2.24, 2.45) is 0 Å². The summed E-state index contributed by atoms with van der Waals surface area (Å²) in [6.07, 6.45) is 3.00. The molecular weight excluding hydrogens is 328 g/mol. The molecule has 0 unspecified atom stereocenters. The number of hydrogen-bond acceptors (Lipinski definition) is 4. The van der Waals surface area contributed by atoms with Gasteiger partial charge in [0.05, 0.1) is 19.8 Å². The molecule has 26 heavy (non-hydrogen) atoms. The molecule has 0 radical (unpaired) electrons. The number of ether oxygens (including phenoxy) is 2. The highest BCUT2D eigenvalue weighted by atomic mass is 16.5. The van der Waals surface area contributed by atoms with Crippen LogP contribution in [0.5, 0.6) is 0 Å². The Kier molecular flexibility index (Phi) is 4.59. The first kappa shape index (κ1) is 16.6. The van der Waals surface area contributed by atoms with Crippen LogP contribution in [0.1, 0.15) is 34.9 Å². The molecule has 5 nitrogen and oxygen atoms in total. The lowest BCUT2D eigenvalue weighted by Gasteiger charge is -2.43. The number of morpholine rings is 1. The summed E-state index contributed by atoms with van der Waals surface area (Å²) in [6.45, 7) is 1.06. The Morgan fingerprint density at radius 1 is 1.27 bits per heavy atom. The quantitative estimate of drug-likeness (QED) is 0.687. The van der Waals surface area contributed by atoms with Crippen molar-refractivity contribution in [2.45, 2.75) is 25.0 Å². The number of aromatic nitrogens is 1. The number of pyridine rings is 1.